The van der Waals surface area contributed by atoms with E-state index in [2.05, 4.69) is 63.9 Å². The minimum atomic E-state index is -0.880. The van der Waals surface area contributed by atoms with E-state index in [4.69, 9.17) is 24.2 Å². The zero-order valence-corrected chi connectivity index (χ0v) is 36.4. The van der Waals surface area contributed by atoms with Crippen LogP contribution in [0.15, 0.2) is 91.3 Å². The van der Waals surface area contributed by atoms with Gasteiger partial charge in [-0.1, -0.05) is 99.6 Å². The van der Waals surface area contributed by atoms with E-state index in [1.165, 1.54) is 7.11 Å². The number of likely N-dealkylation sites (tertiary alicyclic amines) is 2. The Morgan fingerprint density at radius 2 is 1.27 bits per heavy atom. The van der Waals surface area contributed by atoms with Crippen LogP contribution in [0.3, 0.4) is 0 Å². The van der Waals surface area contributed by atoms with Gasteiger partial charge in [0, 0.05) is 26.1 Å². The summed E-state index contributed by atoms with van der Waals surface area (Å²) >= 11 is 0. The first-order valence-corrected chi connectivity index (χ1v) is 21.8. The fraction of sp³-hybridized carbons (Fsp3) is 0.417. The number of aromatic amines is 2. The molecule has 2 aliphatic heterocycles. The zero-order valence-electron chi connectivity index (χ0n) is 36.4. The SMILES string of the molecule is COCC1CC(c2ncc(-c3ccc(-c4ccc(-c5cnc(C6CC(C)CN6C(=O)C(NC(=O)OC6CC6)c6ccccc6)[nH]5)cc4)cc3)[nH]2)N(C(=O)C(NC(=O)OC)C(C)C)C1. The first kappa shape index (κ1) is 43.2. The highest BCUT2D eigenvalue weighted by molar-refractivity contribution is 5.88. The number of hydrogen-bond acceptors (Lipinski definition) is 9. The molecule has 4 amide bonds. The van der Waals surface area contributed by atoms with Gasteiger partial charge < -0.3 is 44.6 Å². The smallest absolute Gasteiger partial charge is 0.408 e. The van der Waals surface area contributed by atoms with Crippen molar-refractivity contribution in [3.63, 3.8) is 0 Å². The molecule has 2 saturated heterocycles. The molecule has 15 nitrogen and oxygen atoms in total. The number of ether oxygens (including phenoxy) is 3. The van der Waals surface area contributed by atoms with E-state index < -0.39 is 24.3 Å². The Kier molecular flexibility index (Phi) is 12.9. The van der Waals surface area contributed by atoms with Gasteiger partial charge in [0.2, 0.25) is 5.91 Å². The first-order valence-electron chi connectivity index (χ1n) is 21.8. The van der Waals surface area contributed by atoms with Gasteiger partial charge in [0.25, 0.3) is 5.91 Å². The number of nitrogens with zero attached hydrogens (tertiary/aromatic N) is 4. The molecule has 1 saturated carbocycles. The predicted molar refractivity (Wildman–Crippen MR) is 236 cm³/mol. The highest BCUT2D eigenvalue weighted by Crippen LogP contribution is 2.39. The Bertz CT molecular complexity index is 2380. The number of carbonyl (C=O) groups is 4. The molecule has 6 atom stereocenters. The van der Waals surface area contributed by atoms with E-state index >= 15 is 0 Å². The van der Waals surface area contributed by atoms with Crippen molar-refractivity contribution < 1.29 is 33.4 Å². The van der Waals surface area contributed by atoms with Gasteiger partial charge in [-0.05, 0) is 65.3 Å². The Morgan fingerprint density at radius 1 is 0.714 bits per heavy atom. The van der Waals surface area contributed by atoms with Gasteiger partial charge in [-0.25, -0.2) is 19.6 Å². The molecule has 1 aliphatic carbocycles. The topological polar surface area (TPSA) is 184 Å². The monoisotopic (exact) mass is 856 g/mol. The largest absolute Gasteiger partial charge is 0.453 e. The second kappa shape index (κ2) is 18.9. The Labute approximate surface area is 367 Å². The number of benzene rings is 3. The highest BCUT2D eigenvalue weighted by atomic mass is 16.6. The molecular formula is C48H56N8O7. The molecule has 3 fully saturated rings. The number of amides is 4. The number of nitrogens with one attached hydrogen (secondary N) is 4. The van der Waals surface area contributed by atoms with E-state index in [9.17, 15) is 19.2 Å². The lowest BCUT2D eigenvalue weighted by Crippen LogP contribution is -2.51. The Morgan fingerprint density at radius 3 is 1.81 bits per heavy atom. The molecule has 330 valence electrons. The van der Waals surface area contributed by atoms with E-state index in [0.29, 0.717) is 43.3 Å². The number of rotatable bonds is 14. The first-order chi connectivity index (χ1) is 30.5. The number of methoxy groups -OCH3 is 2. The Hall–Kier alpha value is -6.48. The molecule has 4 N–H and O–H groups in total. The van der Waals surface area contributed by atoms with Crippen LogP contribution in [-0.2, 0) is 23.8 Å². The number of carbonyl (C=O) groups excluding carboxylic acids is 4. The van der Waals surface area contributed by atoms with E-state index in [-0.39, 0.29) is 47.8 Å². The quantitative estimate of drug-likeness (QED) is 0.0874. The van der Waals surface area contributed by atoms with Gasteiger partial charge in [0.15, 0.2) is 0 Å². The summed E-state index contributed by atoms with van der Waals surface area (Å²) in [5, 5.41) is 5.56. The fourth-order valence-corrected chi connectivity index (χ4v) is 8.79. The molecule has 4 heterocycles. The third-order valence-electron chi connectivity index (χ3n) is 12.2. The average molecular weight is 857 g/mol. The summed E-state index contributed by atoms with van der Waals surface area (Å²) in [5.41, 5.74) is 6.37. The summed E-state index contributed by atoms with van der Waals surface area (Å²) in [6.07, 6.45) is 5.40. The van der Waals surface area contributed by atoms with Crippen LogP contribution in [0.25, 0.3) is 33.6 Å². The molecule has 3 aromatic carbocycles. The molecule has 2 aromatic heterocycles. The maximum absolute atomic E-state index is 14.2. The van der Waals surface area contributed by atoms with Crippen LogP contribution >= 0.6 is 0 Å². The number of alkyl carbamates (subject to hydrolysis) is 2. The molecular weight excluding hydrogens is 801 g/mol. The normalized spacial score (nSPS) is 20.7. The summed E-state index contributed by atoms with van der Waals surface area (Å²) in [4.78, 5) is 73.1. The van der Waals surface area contributed by atoms with Crippen LogP contribution in [0, 0.1) is 17.8 Å². The Balaban J connectivity index is 0.940. The van der Waals surface area contributed by atoms with E-state index in [0.717, 1.165) is 52.9 Å². The maximum Gasteiger partial charge on any atom is 0.408 e. The molecule has 3 aliphatic rings. The molecule has 0 bridgehead atoms. The van der Waals surface area contributed by atoms with Crippen molar-refractivity contribution in [1.29, 1.82) is 0 Å². The maximum atomic E-state index is 14.2. The second-order valence-electron chi connectivity index (χ2n) is 17.4. The van der Waals surface area contributed by atoms with Crippen molar-refractivity contribution in [3.8, 4) is 33.6 Å². The van der Waals surface area contributed by atoms with Crippen LogP contribution < -0.4 is 10.6 Å². The van der Waals surface area contributed by atoms with Crippen LogP contribution in [0.5, 0.6) is 0 Å². The van der Waals surface area contributed by atoms with Gasteiger partial charge >= 0.3 is 12.2 Å². The number of aromatic nitrogens is 4. The second-order valence-corrected chi connectivity index (χ2v) is 17.4. The van der Waals surface area contributed by atoms with Crippen LogP contribution in [0.1, 0.15) is 81.8 Å². The minimum absolute atomic E-state index is 0.0789. The fourth-order valence-electron chi connectivity index (χ4n) is 8.79. The zero-order chi connectivity index (χ0) is 44.2. The highest BCUT2D eigenvalue weighted by Gasteiger charge is 2.42. The van der Waals surface area contributed by atoms with Crippen molar-refractivity contribution in [2.75, 3.05) is 33.9 Å². The summed E-state index contributed by atoms with van der Waals surface area (Å²) in [5.74, 6) is 1.22. The lowest BCUT2D eigenvalue weighted by molar-refractivity contribution is -0.136. The van der Waals surface area contributed by atoms with Crippen LogP contribution in [-0.4, -0.2) is 99.8 Å². The predicted octanol–water partition coefficient (Wildman–Crippen LogP) is 7.59. The summed E-state index contributed by atoms with van der Waals surface area (Å²) in [7, 11) is 2.94. The van der Waals surface area contributed by atoms with Crippen molar-refractivity contribution in [2.24, 2.45) is 17.8 Å². The molecule has 5 aromatic rings. The number of hydrogen-bond donors (Lipinski definition) is 4. The lowest BCUT2D eigenvalue weighted by atomic mass is 10.0. The standard InChI is InChI=1S/C48H56N8O7/c1-28(2)41(53-47(59)62-5)45(57)56-26-30(27-61-4)22-40(56)44-50-24-38(52-44)34-17-13-32(14-18-34)31-11-15-33(16-12-31)37-23-49-43(51-37)39-21-29(3)25-55(39)46(58)42(35-9-7-6-8-10-35)54-48(60)63-36-19-20-36/h6-18,23-24,28-30,36,39-42H,19-22,25-27H2,1-5H3,(H,49,51)(H,50,52)(H,53,59)(H,54,60). The van der Waals surface area contributed by atoms with Crippen LogP contribution in [0.4, 0.5) is 9.59 Å². The van der Waals surface area contributed by atoms with Crippen molar-refractivity contribution >= 4 is 24.0 Å². The van der Waals surface area contributed by atoms with Crippen molar-refractivity contribution in [3.05, 3.63) is 108 Å². The van der Waals surface area contributed by atoms with E-state index in [1.54, 1.807) is 18.2 Å². The number of H-pyrrole nitrogens is 2. The van der Waals surface area contributed by atoms with E-state index in [1.807, 2.05) is 67.4 Å². The molecule has 6 unspecified atom stereocenters. The summed E-state index contributed by atoms with van der Waals surface area (Å²) in [6, 6.07) is 23.6. The summed E-state index contributed by atoms with van der Waals surface area (Å²) in [6.45, 7) is 7.45. The molecule has 0 radical (unpaired) electrons. The third kappa shape index (κ3) is 9.78. The van der Waals surface area contributed by atoms with Crippen LogP contribution in [0.2, 0.25) is 0 Å². The van der Waals surface area contributed by atoms with Gasteiger partial charge in [-0.15, -0.1) is 0 Å². The van der Waals surface area contributed by atoms with Crippen molar-refractivity contribution in [1.82, 2.24) is 40.4 Å². The van der Waals surface area contributed by atoms with Gasteiger partial charge in [-0.3, -0.25) is 9.59 Å². The molecule has 63 heavy (non-hydrogen) atoms. The molecule has 8 rings (SSSR count). The summed E-state index contributed by atoms with van der Waals surface area (Å²) < 4.78 is 15.7. The average Bonchev–Trinajstić information content (AvgIpc) is 3.70. The van der Waals surface area contributed by atoms with Gasteiger partial charge in [-0.2, -0.15) is 0 Å². The van der Waals surface area contributed by atoms with Crippen molar-refractivity contribution in [2.45, 2.75) is 76.7 Å². The lowest BCUT2D eigenvalue weighted by Gasteiger charge is -2.30. The molecule has 0 spiro atoms. The van der Waals surface area contributed by atoms with Gasteiger partial charge in [0.05, 0.1) is 49.6 Å². The van der Waals surface area contributed by atoms with Gasteiger partial charge in [0.1, 0.15) is 29.8 Å². The molecule has 15 heteroatoms. The number of imidazole rings is 2. The third-order valence-corrected chi connectivity index (χ3v) is 12.2. The minimum Gasteiger partial charge on any atom is -0.453 e.